The number of rotatable bonds is 3. The molecule has 1 aromatic rings. The molecule has 8 heteroatoms. The number of halogens is 2. The summed E-state index contributed by atoms with van der Waals surface area (Å²) in [7, 11) is -3.49. The first kappa shape index (κ1) is 15.3. The van der Waals surface area contributed by atoms with Crippen molar-refractivity contribution in [2.24, 2.45) is 5.92 Å². The van der Waals surface area contributed by atoms with E-state index in [4.69, 9.17) is 0 Å². The van der Waals surface area contributed by atoms with E-state index < -0.39 is 15.7 Å². The number of aromatic nitrogens is 2. The fraction of sp³-hybridized carbons (Fsp3) is 0.600. The second-order valence-corrected chi connectivity index (χ2v) is 6.09. The van der Waals surface area contributed by atoms with Crippen molar-refractivity contribution in [3.8, 4) is 0 Å². The highest BCUT2D eigenvalue weighted by molar-refractivity contribution is 7.91. The zero-order valence-electron chi connectivity index (χ0n) is 9.67. The summed E-state index contributed by atoms with van der Waals surface area (Å²) in [5.74, 6) is -0.457. The Bertz CT molecular complexity index is 474. The number of nitrogens with zero attached hydrogens (tertiary/aromatic N) is 2. The summed E-state index contributed by atoms with van der Waals surface area (Å²) < 4.78 is 36.5. The lowest BCUT2D eigenvalue weighted by molar-refractivity contribution is 0.400. The minimum atomic E-state index is -3.49. The third kappa shape index (κ3) is 3.86. The summed E-state index contributed by atoms with van der Waals surface area (Å²) in [5, 5.41) is 2.89. The van der Waals surface area contributed by atoms with Gasteiger partial charge in [0.05, 0.1) is 18.1 Å². The van der Waals surface area contributed by atoms with Crippen molar-refractivity contribution in [1.82, 2.24) is 15.3 Å². The van der Waals surface area contributed by atoms with Crippen molar-refractivity contribution in [2.75, 3.05) is 18.8 Å². The average molecular weight is 296 g/mol. The summed E-state index contributed by atoms with van der Waals surface area (Å²) >= 11 is 0. The molecule has 0 spiro atoms. The Balaban J connectivity index is 0.00000162. The number of sulfone groups is 1. The second-order valence-electron chi connectivity index (χ2n) is 4.16. The summed E-state index contributed by atoms with van der Waals surface area (Å²) in [5.41, 5.74) is 0. The summed E-state index contributed by atoms with van der Waals surface area (Å²) in [4.78, 5) is 7.05. The molecule has 2 heterocycles. The molecule has 18 heavy (non-hydrogen) atoms. The van der Waals surface area contributed by atoms with E-state index in [-0.39, 0.29) is 29.2 Å². The summed E-state index contributed by atoms with van der Waals surface area (Å²) in [6.45, 7) is 1.68. The van der Waals surface area contributed by atoms with Crippen LogP contribution in [0.15, 0.2) is 17.6 Å². The second kappa shape index (κ2) is 6.40. The highest BCUT2D eigenvalue weighted by Gasteiger charge is 2.24. The number of hydrogen-bond donors (Lipinski definition) is 1. The van der Waals surface area contributed by atoms with Gasteiger partial charge in [0.2, 0.25) is 15.0 Å². The van der Waals surface area contributed by atoms with E-state index in [0.29, 0.717) is 0 Å². The molecule has 1 aliphatic heterocycles. The summed E-state index contributed by atoms with van der Waals surface area (Å²) in [6.07, 6.45) is 3.42. The zero-order valence-corrected chi connectivity index (χ0v) is 11.3. The molecule has 0 radical (unpaired) electrons. The largest absolute Gasteiger partial charge is 0.317 e. The first-order chi connectivity index (χ1) is 8.08. The Kier molecular flexibility index (Phi) is 5.43. The van der Waals surface area contributed by atoms with Gasteiger partial charge in [-0.3, -0.25) is 0 Å². The first-order valence-corrected chi connectivity index (χ1v) is 7.14. The predicted octanol–water partition coefficient (Wildman–Crippen LogP) is 0.811. The van der Waals surface area contributed by atoms with E-state index in [9.17, 15) is 12.8 Å². The standard InChI is InChI=1S/C10H14FN3O2S.ClH/c11-9-5-13-10(14-6-9)17(15,16)7-8-1-3-12-4-2-8;/h5-6,8,12H,1-4,7H2;1H. The quantitative estimate of drug-likeness (QED) is 0.836. The first-order valence-electron chi connectivity index (χ1n) is 5.49. The van der Waals surface area contributed by atoms with E-state index >= 15 is 0 Å². The van der Waals surface area contributed by atoms with Crippen molar-refractivity contribution in [2.45, 2.75) is 18.0 Å². The third-order valence-corrected chi connectivity index (χ3v) is 4.47. The van der Waals surface area contributed by atoms with Crippen molar-refractivity contribution < 1.29 is 12.8 Å². The topological polar surface area (TPSA) is 72.0 Å². The molecule has 102 valence electrons. The molecule has 5 nitrogen and oxygen atoms in total. The van der Waals surface area contributed by atoms with Gasteiger partial charge < -0.3 is 5.32 Å². The molecule has 1 N–H and O–H groups in total. The Morgan fingerprint density at radius 2 is 1.83 bits per heavy atom. The highest BCUT2D eigenvalue weighted by Crippen LogP contribution is 2.17. The minimum absolute atomic E-state index is 0. The molecule has 0 aliphatic carbocycles. The van der Waals surface area contributed by atoms with Crippen LogP contribution in [0.25, 0.3) is 0 Å². The number of nitrogens with one attached hydrogen (secondary N) is 1. The van der Waals surface area contributed by atoms with Crippen molar-refractivity contribution in [1.29, 1.82) is 0 Å². The Morgan fingerprint density at radius 1 is 1.28 bits per heavy atom. The summed E-state index contributed by atoms with van der Waals surface area (Å²) in [6, 6.07) is 0. The Morgan fingerprint density at radius 3 is 2.39 bits per heavy atom. The van der Waals surface area contributed by atoms with Crippen molar-refractivity contribution in [3.05, 3.63) is 18.2 Å². The molecule has 1 fully saturated rings. The van der Waals surface area contributed by atoms with Gasteiger partial charge in [0.15, 0.2) is 5.82 Å². The van der Waals surface area contributed by atoms with Crippen LogP contribution in [0.2, 0.25) is 0 Å². The van der Waals surface area contributed by atoms with E-state index in [1.165, 1.54) is 0 Å². The fourth-order valence-electron chi connectivity index (χ4n) is 1.89. The fourth-order valence-corrected chi connectivity index (χ4v) is 3.42. The molecular weight excluding hydrogens is 281 g/mol. The van der Waals surface area contributed by atoms with Crippen LogP contribution in [-0.2, 0) is 9.84 Å². The van der Waals surface area contributed by atoms with Crippen molar-refractivity contribution >= 4 is 22.2 Å². The van der Waals surface area contributed by atoms with Crippen LogP contribution in [0.1, 0.15) is 12.8 Å². The van der Waals surface area contributed by atoms with Crippen LogP contribution in [0.3, 0.4) is 0 Å². The van der Waals surface area contributed by atoms with Crippen LogP contribution in [-0.4, -0.2) is 37.2 Å². The highest BCUT2D eigenvalue weighted by atomic mass is 35.5. The van der Waals surface area contributed by atoms with E-state index in [0.717, 1.165) is 38.3 Å². The van der Waals surface area contributed by atoms with Gasteiger partial charge in [-0.05, 0) is 31.8 Å². The minimum Gasteiger partial charge on any atom is -0.317 e. The molecule has 0 aromatic carbocycles. The van der Waals surface area contributed by atoms with Gasteiger partial charge in [0.25, 0.3) is 0 Å². The van der Waals surface area contributed by atoms with Gasteiger partial charge in [0.1, 0.15) is 0 Å². The van der Waals surface area contributed by atoms with Crippen LogP contribution >= 0.6 is 12.4 Å². The van der Waals surface area contributed by atoms with Gasteiger partial charge in [0, 0.05) is 0 Å². The Hall–Kier alpha value is -0.790. The van der Waals surface area contributed by atoms with Crippen LogP contribution in [0.5, 0.6) is 0 Å². The van der Waals surface area contributed by atoms with Gasteiger partial charge in [-0.2, -0.15) is 0 Å². The van der Waals surface area contributed by atoms with Crippen LogP contribution in [0, 0.1) is 11.7 Å². The normalized spacial score (nSPS) is 17.2. The molecule has 1 aliphatic rings. The van der Waals surface area contributed by atoms with E-state index in [2.05, 4.69) is 15.3 Å². The van der Waals surface area contributed by atoms with Gasteiger partial charge in [-0.1, -0.05) is 0 Å². The zero-order chi connectivity index (χ0) is 12.3. The third-order valence-electron chi connectivity index (χ3n) is 2.79. The van der Waals surface area contributed by atoms with E-state index in [1.54, 1.807) is 0 Å². The predicted molar refractivity (Wildman–Crippen MR) is 66.9 cm³/mol. The molecule has 0 bridgehead atoms. The maximum absolute atomic E-state index is 12.6. The molecule has 0 atom stereocenters. The van der Waals surface area contributed by atoms with Crippen molar-refractivity contribution in [3.63, 3.8) is 0 Å². The molecule has 2 rings (SSSR count). The molecule has 1 saturated heterocycles. The number of hydrogen-bond acceptors (Lipinski definition) is 5. The lowest BCUT2D eigenvalue weighted by atomic mass is 10.0. The SMILES string of the molecule is Cl.O=S(=O)(CC1CCNCC1)c1ncc(F)cn1. The monoisotopic (exact) mass is 295 g/mol. The molecule has 0 saturated carbocycles. The lowest BCUT2D eigenvalue weighted by Gasteiger charge is -2.21. The Labute approximate surface area is 112 Å². The van der Waals surface area contributed by atoms with Crippen LogP contribution in [0.4, 0.5) is 4.39 Å². The smallest absolute Gasteiger partial charge is 0.247 e. The van der Waals surface area contributed by atoms with E-state index in [1.807, 2.05) is 0 Å². The number of piperidine rings is 1. The maximum atomic E-state index is 12.6. The lowest BCUT2D eigenvalue weighted by Crippen LogP contribution is -2.31. The molecule has 0 unspecified atom stereocenters. The van der Waals surface area contributed by atoms with Gasteiger partial charge >= 0.3 is 0 Å². The molecule has 1 aromatic heterocycles. The van der Waals surface area contributed by atoms with Crippen LogP contribution < -0.4 is 5.32 Å². The molecular formula is C10H15ClFN3O2S. The maximum Gasteiger partial charge on any atom is 0.247 e. The van der Waals surface area contributed by atoms with Gasteiger partial charge in [-0.15, -0.1) is 12.4 Å². The average Bonchev–Trinajstić information content (AvgIpc) is 2.30. The molecule has 0 amide bonds. The van der Waals surface area contributed by atoms with Gasteiger partial charge in [-0.25, -0.2) is 22.8 Å².